The standard InChI is InChI=1S/C48H33NO2/c1-3-16-32(17-4-1)34-23-14-30-44-46(34)39-21-8-11-28-42(39)50-43-29-12-9-22-40(43)47-36(24-15-31-45(47)51-44)38-26-13-25-37-35-20-7-10-27-41(35)49(48(37)38)33-18-5-2-6-19-33/h1-8,10-11,13-31H,9,12H2. The molecule has 2 heterocycles. The van der Waals surface area contributed by atoms with Gasteiger partial charge in [-0.25, -0.2) is 0 Å². The minimum atomic E-state index is 0.784. The number of allylic oxidation sites excluding steroid dienone is 3. The SMILES string of the molecule is C1=C2Oc3ccccc3-c3c(cccc3-c3ccccc3)Oc3cccc(-c4cccc5c6ccccc6n(-c6ccccc6)c45)c3C2=CCC1. The maximum atomic E-state index is 7.20. The highest BCUT2D eigenvalue weighted by atomic mass is 16.5. The summed E-state index contributed by atoms with van der Waals surface area (Å²) in [5.41, 5.74) is 12.0. The lowest BCUT2D eigenvalue weighted by Gasteiger charge is -2.27. The van der Waals surface area contributed by atoms with E-state index in [1.807, 2.05) is 6.07 Å². The largest absolute Gasteiger partial charge is 0.456 e. The molecule has 3 nitrogen and oxygen atoms in total. The molecule has 1 aromatic heterocycles. The molecule has 0 unspecified atom stereocenters. The van der Waals surface area contributed by atoms with Gasteiger partial charge in [-0.2, -0.15) is 0 Å². The predicted octanol–water partition coefficient (Wildman–Crippen LogP) is 13.0. The zero-order chi connectivity index (χ0) is 33.7. The van der Waals surface area contributed by atoms with Crippen LogP contribution in [0.15, 0.2) is 182 Å². The van der Waals surface area contributed by atoms with Gasteiger partial charge in [0, 0.05) is 44.3 Å². The summed E-state index contributed by atoms with van der Waals surface area (Å²) < 4.78 is 16.6. The number of hydrogen-bond acceptors (Lipinski definition) is 2. The second-order valence-electron chi connectivity index (χ2n) is 13.1. The number of fused-ring (bicyclic) bond motifs is 9. The topological polar surface area (TPSA) is 23.4 Å². The summed E-state index contributed by atoms with van der Waals surface area (Å²) >= 11 is 0. The van der Waals surface area contributed by atoms with Crippen molar-refractivity contribution >= 4 is 27.4 Å². The molecule has 1 aliphatic carbocycles. The van der Waals surface area contributed by atoms with Crippen molar-refractivity contribution in [3.8, 4) is 56.3 Å². The van der Waals surface area contributed by atoms with Gasteiger partial charge in [0.05, 0.1) is 11.0 Å². The van der Waals surface area contributed by atoms with Crippen molar-refractivity contribution in [1.29, 1.82) is 0 Å². The molecule has 8 aromatic rings. The third kappa shape index (κ3) is 4.81. The summed E-state index contributed by atoms with van der Waals surface area (Å²) in [6.45, 7) is 0. The molecular formula is C48H33NO2. The van der Waals surface area contributed by atoms with Crippen molar-refractivity contribution in [1.82, 2.24) is 4.57 Å². The van der Waals surface area contributed by atoms with E-state index in [9.17, 15) is 0 Å². The molecule has 51 heavy (non-hydrogen) atoms. The van der Waals surface area contributed by atoms with Crippen molar-refractivity contribution in [3.05, 3.63) is 187 Å². The molecule has 0 N–H and O–H groups in total. The van der Waals surface area contributed by atoms with Gasteiger partial charge >= 0.3 is 0 Å². The highest BCUT2D eigenvalue weighted by Crippen LogP contribution is 2.51. The van der Waals surface area contributed by atoms with Gasteiger partial charge < -0.3 is 14.0 Å². The molecule has 242 valence electrons. The van der Waals surface area contributed by atoms with Crippen molar-refractivity contribution in [3.63, 3.8) is 0 Å². The highest BCUT2D eigenvalue weighted by Gasteiger charge is 2.28. The Balaban J connectivity index is 1.28. The van der Waals surface area contributed by atoms with E-state index in [1.54, 1.807) is 0 Å². The van der Waals surface area contributed by atoms with Crippen LogP contribution in [0.4, 0.5) is 0 Å². The zero-order valence-electron chi connectivity index (χ0n) is 27.9. The first-order valence-corrected chi connectivity index (χ1v) is 17.6. The van der Waals surface area contributed by atoms with Crippen LogP contribution in [-0.2, 0) is 0 Å². The van der Waals surface area contributed by atoms with E-state index in [-0.39, 0.29) is 0 Å². The fourth-order valence-corrected chi connectivity index (χ4v) is 7.93. The Hall–Kier alpha value is -6.58. The first-order chi connectivity index (χ1) is 25.3. The molecule has 10 rings (SSSR count). The number of nitrogens with zero attached hydrogens (tertiary/aromatic N) is 1. The predicted molar refractivity (Wildman–Crippen MR) is 210 cm³/mol. The Labute approximate surface area is 297 Å². The Morgan fingerprint density at radius 1 is 0.412 bits per heavy atom. The number of benzene rings is 7. The number of para-hydroxylation sites is 4. The molecule has 0 amide bonds. The Kier molecular flexibility index (Phi) is 6.95. The van der Waals surface area contributed by atoms with Crippen molar-refractivity contribution in [2.24, 2.45) is 0 Å². The summed E-state index contributed by atoms with van der Waals surface area (Å²) in [5.74, 6) is 3.23. The summed E-state index contributed by atoms with van der Waals surface area (Å²) in [5, 5.41) is 2.43. The second-order valence-corrected chi connectivity index (χ2v) is 13.1. The fourth-order valence-electron chi connectivity index (χ4n) is 7.93. The Morgan fingerprint density at radius 3 is 1.88 bits per heavy atom. The molecule has 0 spiro atoms. The van der Waals surface area contributed by atoms with Crippen molar-refractivity contribution in [2.45, 2.75) is 12.8 Å². The van der Waals surface area contributed by atoms with E-state index < -0.39 is 0 Å². The van der Waals surface area contributed by atoms with Crippen LogP contribution in [-0.4, -0.2) is 4.57 Å². The lowest BCUT2D eigenvalue weighted by molar-refractivity contribution is 0.440. The number of aromatic nitrogens is 1. The van der Waals surface area contributed by atoms with Crippen LogP contribution in [0, 0.1) is 0 Å². The lowest BCUT2D eigenvalue weighted by atomic mass is 9.88. The van der Waals surface area contributed by atoms with Gasteiger partial charge in [-0.1, -0.05) is 133 Å². The second kappa shape index (κ2) is 12.1. The fraction of sp³-hybridized carbons (Fsp3) is 0.0417. The maximum Gasteiger partial charge on any atom is 0.136 e. The Morgan fingerprint density at radius 2 is 1.02 bits per heavy atom. The average Bonchev–Trinajstić information content (AvgIpc) is 3.54. The third-order valence-electron chi connectivity index (χ3n) is 10.1. The van der Waals surface area contributed by atoms with Crippen LogP contribution in [0.1, 0.15) is 18.4 Å². The smallest absolute Gasteiger partial charge is 0.136 e. The Bertz CT molecular complexity index is 2680. The summed E-state index contributed by atoms with van der Waals surface area (Å²) in [6, 6.07) is 57.7. The molecule has 0 atom stereocenters. The lowest BCUT2D eigenvalue weighted by Crippen LogP contribution is -2.08. The summed E-state index contributed by atoms with van der Waals surface area (Å²) in [6.07, 6.45) is 6.38. The highest BCUT2D eigenvalue weighted by molar-refractivity contribution is 6.14. The van der Waals surface area contributed by atoms with Crippen molar-refractivity contribution < 1.29 is 9.47 Å². The van der Waals surface area contributed by atoms with Crippen LogP contribution >= 0.6 is 0 Å². The normalized spacial score (nSPS) is 13.5. The van der Waals surface area contributed by atoms with Gasteiger partial charge in [0.2, 0.25) is 0 Å². The summed E-state index contributed by atoms with van der Waals surface area (Å²) in [7, 11) is 0. The van der Waals surface area contributed by atoms with Crippen LogP contribution in [0.25, 0.3) is 66.4 Å². The minimum absolute atomic E-state index is 0.784. The van der Waals surface area contributed by atoms with Crippen LogP contribution < -0.4 is 9.47 Å². The number of ether oxygens (including phenoxy) is 2. The van der Waals surface area contributed by atoms with E-state index in [4.69, 9.17) is 9.47 Å². The van der Waals surface area contributed by atoms with Gasteiger partial charge in [0.15, 0.2) is 0 Å². The molecule has 0 fully saturated rings. The van der Waals surface area contributed by atoms with Crippen molar-refractivity contribution in [2.75, 3.05) is 0 Å². The van der Waals surface area contributed by atoms with Gasteiger partial charge in [-0.15, -0.1) is 0 Å². The van der Waals surface area contributed by atoms with E-state index in [2.05, 4.69) is 174 Å². The molecule has 0 radical (unpaired) electrons. The van der Waals surface area contributed by atoms with Gasteiger partial charge in [0.1, 0.15) is 23.0 Å². The average molecular weight is 656 g/mol. The third-order valence-corrected chi connectivity index (χ3v) is 10.1. The van der Waals surface area contributed by atoms with Crippen LogP contribution in [0.3, 0.4) is 0 Å². The molecule has 7 aromatic carbocycles. The monoisotopic (exact) mass is 655 g/mol. The van der Waals surface area contributed by atoms with E-state index >= 15 is 0 Å². The molecule has 0 saturated heterocycles. The van der Waals surface area contributed by atoms with Crippen LogP contribution in [0.5, 0.6) is 17.2 Å². The van der Waals surface area contributed by atoms with Gasteiger partial charge in [-0.05, 0) is 72.0 Å². The van der Waals surface area contributed by atoms with E-state index in [0.29, 0.717) is 0 Å². The number of rotatable bonds is 3. The van der Waals surface area contributed by atoms with E-state index in [0.717, 1.165) is 91.6 Å². The van der Waals surface area contributed by atoms with E-state index in [1.165, 1.54) is 16.3 Å². The van der Waals surface area contributed by atoms with Gasteiger partial charge in [-0.3, -0.25) is 0 Å². The van der Waals surface area contributed by atoms with Gasteiger partial charge in [0.25, 0.3) is 0 Å². The minimum Gasteiger partial charge on any atom is -0.456 e. The number of hydrogen-bond donors (Lipinski definition) is 0. The molecule has 0 bridgehead atoms. The maximum absolute atomic E-state index is 7.20. The first-order valence-electron chi connectivity index (χ1n) is 17.6. The molecule has 1 aliphatic heterocycles. The molecular weight excluding hydrogens is 623 g/mol. The quantitative estimate of drug-likeness (QED) is 0.189. The molecule has 3 heteroatoms. The molecule has 0 saturated carbocycles. The molecule has 2 aliphatic rings. The van der Waals surface area contributed by atoms with Crippen LogP contribution in [0.2, 0.25) is 0 Å². The first kappa shape index (κ1) is 29.3. The summed E-state index contributed by atoms with van der Waals surface area (Å²) in [4.78, 5) is 0. The zero-order valence-corrected chi connectivity index (χ0v) is 27.9.